The van der Waals surface area contributed by atoms with Crippen LogP contribution in [0.5, 0.6) is 5.75 Å². The van der Waals surface area contributed by atoms with E-state index in [-0.39, 0.29) is 6.61 Å². The Morgan fingerprint density at radius 1 is 1.00 bits per heavy atom. The van der Waals surface area contributed by atoms with Gasteiger partial charge in [-0.05, 0) is 60.0 Å². The Morgan fingerprint density at radius 2 is 1.76 bits per heavy atom. The summed E-state index contributed by atoms with van der Waals surface area (Å²) in [6, 6.07) is 19.0. The lowest BCUT2D eigenvalue weighted by molar-refractivity contribution is -0.142. The lowest BCUT2D eigenvalue weighted by atomic mass is 10.0. The number of aromatic nitrogens is 1. The fraction of sp³-hybridized carbons (Fsp3) is 0.154. The standard InChI is InChI=1S/C26H21ClF3N3O/c1-16-4-2-6-22(27)25(16)33-18(14-24(32-33)26(28,29)30)15-34-19-10-8-17(9-11-19)20-5-3-7-23-21(20)12-13-31-23/h2-14,24,31-32H,15H2,1H3. The van der Waals surface area contributed by atoms with E-state index in [9.17, 15) is 13.2 Å². The number of ether oxygens (including phenoxy) is 1. The van der Waals surface area contributed by atoms with Crippen LogP contribution in [0, 0.1) is 6.92 Å². The van der Waals surface area contributed by atoms with Crippen molar-refractivity contribution >= 4 is 28.2 Å². The number of benzene rings is 3. The molecule has 0 fully saturated rings. The first-order valence-electron chi connectivity index (χ1n) is 10.7. The molecule has 0 saturated carbocycles. The van der Waals surface area contributed by atoms with Crippen molar-refractivity contribution in [1.29, 1.82) is 0 Å². The highest BCUT2D eigenvalue weighted by atomic mass is 35.5. The van der Waals surface area contributed by atoms with Crippen LogP contribution in [0.3, 0.4) is 0 Å². The molecule has 0 bridgehead atoms. The maximum Gasteiger partial charge on any atom is 0.409 e. The first kappa shape index (κ1) is 22.4. The summed E-state index contributed by atoms with van der Waals surface area (Å²) >= 11 is 6.33. The summed E-state index contributed by atoms with van der Waals surface area (Å²) in [5, 5.41) is 2.84. The molecule has 4 aromatic rings. The minimum atomic E-state index is -4.45. The van der Waals surface area contributed by atoms with Crippen LogP contribution in [0.4, 0.5) is 18.9 Å². The van der Waals surface area contributed by atoms with Crippen molar-refractivity contribution < 1.29 is 17.9 Å². The van der Waals surface area contributed by atoms with Gasteiger partial charge in [0.15, 0.2) is 0 Å². The monoisotopic (exact) mass is 483 g/mol. The van der Waals surface area contributed by atoms with Crippen LogP contribution in [0.15, 0.2) is 84.7 Å². The van der Waals surface area contributed by atoms with Crippen molar-refractivity contribution in [2.75, 3.05) is 11.6 Å². The average Bonchev–Trinajstić information content (AvgIpc) is 3.45. The van der Waals surface area contributed by atoms with E-state index in [4.69, 9.17) is 16.3 Å². The van der Waals surface area contributed by atoms with Crippen molar-refractivity contribution in [2.45, 2.75) is 19.1 Å². The summed E-state index contributed by atoms with van der Waals surface area (Å²) < 4.78 is 46.3. The molecule has 3 aromatic carbocycles. The van der Waals surface area contributed by atoms with Crippen molar-refractivity contribution in [3.8, 4) is 16.9 Å². The number of aryl methyl sites for hydroxylation is 1. The van der Waals surface area contributed by atoms with Crippen LogP contribution in [-0.4, -0.2) is 23.8 Å². The van der Waals surface area contributed by atoms with E-state index in [0.29, 0.717) is 22.2 Å². The van der Waals surface area contributed by atoms with Crippen molar-refractivity contribution in [3.05, 3.63) is 95.3 Å². The van der Waals surface area contributed by atoms with Gasteiger partial charge < -0.3 is 9.72 Å². The number of rotatable bonds is 5. The summed E-state index contributed by atoms with van der Waals surface area (Å²) in [5.41, 5.74) is 7.21. The Morgan fingerprint density at radius 3 is 2.50 bits per heavy atom. The maximum atomic E-state index is 13.5. The van der Waals surface area contributed by atoms with E-state index in [0.717, 1.165) is 33.7 Å². The van der Waals surface area contributed by atoms with E-state index >= 15 is 0 Å². The third-order valence-corrected chi connectivity index (χ3v) is 6.13. The molecule has 1 aromatic heterocycles. The van der Waals surface area contributed by atoms with E-state index in [1.807, 2.05) is 54.7 Å². The van der Waals surface area contributed by atoms with Gasteiger partial charge in [-0.2, -0.15) is 13.2 Å². The van der Waals surface area contributed by atoms with Crippen LogP contribution in [0.25, 0.3) is 22.0 Å². The van der Waals surface area contributed by atoms with Crippen molar-refractivity contribution in [2.24, 2.45) is 0 Å². The Kier molecular flexibility index (Phi) is 5.75. The van der Waals surface area contributed by atoms with Gasteiger partial charge in [-0.25, -0.2) is 5.43 Å². The summed E-state index contributed by atoms with van der Waals surface area (Å²) in [6.07, 6.45) is -1.42. The number of nitrogens with zero attached hydrogens (tertiary/aromatic N) is 1. The van der Waals surface area contributed by atoms with Gasteiger partial charge in [0, 0.05) is 17.1 Å². The summed E-state index contributed by atoms with van der Waals surface area (Å²) in [6.45, 7) is 1.74. The second kappa shape index (κ2) is 8.74. The van der Waals surface area contributed by atoms with Crippen LogP contribution in [0.2, 0.25) is 5.02 Å². The number of para-hydroxylation sites is 1. The number of hydrogen-bond acceptors (Lipinski definition) is 3. The number of anilines is 1. The largest absolute Gasteiger partial charge is 0.487 e. The molecule has 5 rings (SSSR count). The summed E-state index contributed by atoms with van der Waals surface area (Å²) in [5.74, 6) is 0.553. The number of nitrogens with one attached hydrogen (secondary N) is 2. The summed E-state index contributed by atoms with van der Waals surface area (Å²) in [7, 11) is 0. The van der Waals surface area contributed by atoms with Crippen molar-refractivity contribution in [1.82, 2.24) is 10.4 Å². The molecule has 174 valence electrons. The Balaban J connectivity index is 1.37. The van der Waals surface area contributed by atoms with Gasteiger partial charge in [0.25, 0.3) is 0 Å². The quantitative estimate of drug-likeness (QED) is 0.320. The van der Waals surface area contributed by atoms with E-state index in [2.05, 4.69) is 10.4 Å². The smallest absolute Gasteiger partial charge is 0.409 e. The molecule has 1 aliphatic rings. The fourth-order valence-corrected chi connectivity index (χ4v) is 4.45. The predicted molar refractivity (Wildman–Crippen MR) is 129 cm³/mol. The Hall–Kier alpha value is -3.42. The molecule has 1 aliphatic heterocycles. The highest BCUT2D eigenvalue weighted by Crippen LogP contribution is 2.36. The predicted octanol–water partition coefficient (Wildman–Crippen LogP) is 7.02. The lowest BCUT2D eigenvalue weighted by Crippen LogP contribution is -2.45. The van der Waals surface area contributed by atoms with Gasteiger partial charge >= 0.3 is 6.18 Å². The minimum Gasteiger partial charge on any atom is -0.487 e. The zero-order valence-electron chi connectivity index (χ0n) is 18.2. The number of fused-ring (bicyclic) bond motifs is 1. The number of H-pyrrole nitrogens is 1. The topological polar surface area (TPSA) is 40.3 Å². The van der Waals surface area contributed by atoms with Gasteiger partial charge in [0.2, 0.25) is 0 Å². The van der Waals surface area contributed by atoms with Gasteiger partial charge in [0.1, 0.15) is 18.4 Å². The fourth-order valence-electron chi connectivity index (χ4n) is 4.15. The molecule has 0 amide bonds. The van der Waals surface area contributed by atoms with Crippen LogP contribution < -0.4 is 15.2 Å². The second-order valence-corrected chi connectivity index (χ2v) is 8.51. The zero-order valence-corrected chi connectivity index (χ0v) is 18.9. The molecular weight excluding hydrogens is 463 g/mol. The Labute approximate surface area is 199 Å². The van der Waals surface area contributed by atoms with Crippen LogP contribution in [0.1, 0.15) is 5.56 Å². The lowest BCUT2D eigenvalue weighted by Gasteiger charge is -2.27. The molecule has 1 atom stereocenters. The van der Waals surface area contributed by atoms with E-state index in [1.165, 1.54) is 5.01 Å². The van der Waals surface area contributed by atoms with Crippen LogP contribution in [-0.2, 0) is 0 Å². The molecule has 0 radical (unpaired) electrons. The molecule has 34 heavy (non-hydrogen) atoms. The molecule has 0 spiro atoms. The first-order valence-corrected chi connectivity index (χ1v) is 11.1. The molecule has 4 nitrogen and oxygen atoms in total. The van der Waals surface area contributed by atoms with Gasteiger partial charge in [-0.15, -0.1) is 0 Å². The molecule has 0 aliphatic carbocycles. The highest BCUT2D eigenvalue weighted by Gasteiger charge is 2.44. The number of alkyl halides is 3. The average molecular weight is 484 g/mol. The normalized spacial score (nSPS) is 16.2. The molecule has 1 unspecified atom stereocenters. The second-order valence-electron chi connectivity index (χ2n) is 8.10. The number of hydrazine groups is 1. The SMILES string of the molecule is Cc1cccc(Cl)c1N1NC(C(F)(F)F)C=C1COc1ccc(-c2cccc3[nH]ccc23)cc1. The third kappa shape index (κ3) is 4.24. The first-order chi connectivity index (χ1) is 16.3. The number of hydrogen-bond donors (Lipinski definition) is 2. The maximum absolute atomic E-state index is 13.5. The van der Waals surface area contributed by atoms with E-state index in [1.54, 1.807) is 25.1 Å². The molecular formula is C26H21ClF3N3O. The minimum absolute atomic E-state index is 0.0585. The number of aromatic amines is 1. The van der Waals surface area contributed by atoms with Gasteiger partial charge in [-0.1, -0.05) is 48.0 Å². The zero-order chi connectivity index (χ0) is 23.9. The van der Waals surface area contributed by atoms with Crippen LogP contribution >= 0.6 is 11.6 Å². The molecule has 2 N–H and O–H groups in total. The highest BCUT2D eigenvalue weighted by molar-refractivity contribution is 6.33. The van der Waals surface area contributed by atoms with Gasteiger partial charge in [-0.3, -0.25) is 5.01 Å². The molecule has 0 saturated heterocycles. The van der Waals surface area contributed by atoms with Crippen molar-refractivity contribution in [3.63, 3.8) is 0 Å². The molecule has 8 heteroatoms. The van der Waals surface area contributed by atoms with Gasteiger partial charge in [0.05, 0.1) is 16.4 Å². The Bertz CT molecular complexity index is 1340. The molecule has 2 heterocycles. The van der Waals surface area contributed by atoms with E-state index < -0.39 is 12.2 Å². The third-order valence-electron chi connectivity index (χ3n) is 5.83. The number of halogens is 4. The summed E-state index contributed by atoms with van der Waals surface area (Å²) in [4.78, 5) is 3.20.